The molecule has 368 valence electrons. The maximum atomic E-state index is 13.1. The summed E-state index contributed by atoms with van der Waals surface area (Å²) >= 11 is 0. The first-order valence-corrected chi connectivity index (χ1v) is 28.3. The number of hydrogen-bond acceptors (Lipinski definition) is 5. The van der Waals surface area contributed by atoms with Crippen LogP contribution in [0.3, 0.4) is 0 Å². The summed E-state index contributed by atoms with van der Waals surface area (Å²) in [6.07, 6.45) is 33.6. The molecule has 5 nitrogen and oxygen atoms in total. The van der Waals surface area contributed by atoms with Gasteiger partial charge >= 0.3 is 11.9 Å². The minimum Gasteiger partial charge on any atom is -0.462 e. The molecule has 8 aliphatic carbocycles. The SMILES string of the molecule is CC(C)CCCC(C)C1CCC2C3CC=C4CC(OC(=O)CCOCCC(=O)OC5CCC6(C)C(=CCC7C6CCC6(C)C(C(C)CCCC(C)C)CCC76)C5)CCC4(C)C3CCC12C. The van der Waals surface area contributed by atoms with Crippen molar-refractivity contribution in [2.45, 2.75) is 236 Å². The van der Waals surface area contributed by atoms with E-state index in [1.807, 2.05) is 0 Å². The molecule has 0 radical (unpaired) electrons. The third-order valence-corrected chi connectivity index (χ3v) is 22.0. The number of hydrogen-bond donors (Lipinski definition) is 0. The maximum absolute atomic E-state index is 13.1. The molecule has 0 aromatic carbocycles. The fraction of sp³-hybridized carbons (Fsp3) is 0.900. The number of carbonyl (C=O) groups excluding carboxylic acids is 2. The molecule has 0 heterocycles. The lowest BCUT2D eigenvalue weighted by Gasteiger charge is -2.58. The molecule has 5 heteroatoms. The third-order valence-electron chi connectivity index (χ3n) is 22.0. The normalized spacial score (nSPS) is 41.8. The quantitative estimate of drug-likeness (QED) is 0.0779. The van der Waals surface area contributed by atoms with Crippen molar-refractivity contribution in [1.29, 1.82) is 0 Å². The molecule has 16 atom stereocenters. The lowest BCUT2D eigenvalue weighted by atomic mass is 9.47. The Bertz CT molecular complexity index is 1590. The highest BCUT2D eigenvalue weighted by Gasteiger charge is 2.61. The van der Waals surface area contributed by atoms with E-state index in [1.165, 1.54) is 103 Å². The predicted octanol–water partition coefficient (Wildman–Crippen LogP) is 15.7. The van der Waals surface area contributed by atoms with E-state index in [2.05, 4.69) is 81.4 Å². The molecule has 0 N–H and O–H groups in total. The van der Waals surface area contributed by atoms with Crippen molar-refractivity contribution in [2.75, 3.05) is 13.2 Å². The Labute approximate surface area is 399 Å². The minimum atomic E-state index is -0.168. The summed E-state index contributed by atoms with van der Waals surface area (Å²) in [4.78, 5) is 26.1. The lowest BCUT2D eigenvalue weighted by Crippen LogP contribution is -2.51. The molecule has 0 aromatic rings. The Morgan fingerprint density at radius 1 is 0.538 bits per heavy atom. The number of fused-ring (bicyclic) bond motifs is 10. The summed E-state index contributed by atoms with van der Waals surface area (Å²) in [6, 6.07) is 0. The van der Waals surface area contributed by atoms with E-state index in [0.717, 1.165) is 110 Å². The van der Waals surface area contributed by atoms with Crippen LogP contribution in [0.25, 0.3) is 0 Å². The first-order valence-electron chi connectivity index (χ1n) is 28.3. The molecule has 0 bridgehead atoms. The second kappa shape index (κ2) is 20.4. The van der Waals surface area contributed by atoms with Gasteiger partial charge in [-0.1, -0.05) is 131 Å². The molecule has 65 heavy (non-hydrogen) atoms. The fourth-order valence-corrected chi connectivity index (χ4v) is 18.4. The van der Waals surface area contributed by atoms with Gasteiger partial charge in [-0.25, -0.2) is 0 Å². The van der Waals surface area contributed by atoms with Crippen molar-refractivity contribution in [3.05, 3.63) is 23.3 Å². The molecule has 16 unspecified atom stereocenters. The van der Waals surface area contributed by atoms with Crippen LogP contribution in [0.4, 0.5) is 0 Å². The highest BCUT2D eigenvalue weighted by molar-refractivity contribution is 5.70. The molecule has 0 aromatic heterocycles. The average molecular weight is 899 g/mol. The summed E-state index contributed by atoms with van der Waals surface area (Å²) in [5.41, 5.74) is 4.66. The highest BCUT2D eigenvalue weighted by atomic mass is 16.6. The van der Waals surface area contributed by atoms with Crippen LogP contribution in [-0.2, 0) is 23.8 Å². The van der Waals surface area contributed by atoms with Crippen LogP contribution >= 0.6 is 0 Å². The monoisotopic (exact) mass is 899 g/mol. The fourth-order valence-electron chi connectivity index (χ4n) is 18.4. The zero-order chi connectivity index (χ0) is 46.3. The standard InChI is InChI=1S/C60H98O5/c1-39(2)13-11-15-41(5)49-21-23-51-47-19-17-43-37-45(25-31-57(43,7)53(47)27-33-59(49,51)9)64-55(61)29-35-63-36-30-56(62)65-46-26-32-58(8)44(38-46)18-20-48-52-24-22-50(42(6)16-12-14-40(3)4)60(52,10)34-28-54(48)58/h17-18,39-42,45-54H,11-16,19-38H2,1-10H3. The Morgan fingerprint density at radius 2 is 0.954 bits per heavy atom. The minimum absolute atomic E-state index is 0.0289. The Balaban J connectivity index is 0.733. The smallest absolute Gasteiger partial charge is 0.308 e. The van der Waals surface area contributed by atoms with Gasteiger partial charge in [-0.15, -0.1) is 0 Å². The van der Waals surface area contributed by atoms with Gasteiger partial charge in [-0.05, 0) is 183 Å². The van der Waals surface area contributed by atoms with Crippen LogP contribution in [0.2, 0.25) is 0 Å². The molecule has 0 aliphatic heterocycles. The number of carbonyl (C=O) groups is 2. The summed E-state index contributed by atoms with van der Waals surface area (Å²) < 4.78 is 18.1. The third kappa shape index (κ3) is 10.1. The van der Waals surface area contributed by atoms with Crippen LogP contribution in [0.1, 0.15) is 223 Å². The summed E-state index contributed by atoms with van der Waals surface area (Å²) in [6.45, 7) is 25.7. The van der Waals surface area contributed by atoms with Crippen molar-refractivity contribution < 1.29 is 23.8 Å². The van der Waals surface area contributed by atoms with E-state index in [0.29, 0.717) is 10.8 Å². The van der Waals surface area contributed by atoms with Crippen LogP contribution in [0.15, 0.2) is 23.3 Å². The van der Waals surface area contributed by atoms with E-state index in [4.69, 9.17) is 14.2 Å². The lowest BCUT2D eigenvalue weighted by molar-refractivity contribution is -0.153. The summed E-state index contributed by atoms with van der Waals surface area (Å²) in [7, 11) is 0. The van der Waals surface area contributed by atoms with E-state index in [-0.39, 0.29) is 61.0 Å². The number of esters is 2. The first-order chi connectivity index (χ1) is 31.0. The maximum Gasteiger partial charge on any atom is 0.308 e. The van der Waals surface area contributed by atoms with Gasteiger partial charge in [0.05, 0.1) is 26.1 Å². The number of ether oxygens (including phenoxy) is 3. The van der Waals surface area contributed by atoms with Gasteiger partial charge in [0.1, 0.15) is 12.2 Å². The van der Waals surface area contributed by atoms with Crippen molar-refractivity contribution in [1.82, 2.24) is 0 Å². The second-order valence-corrected chi connectivity index (χ2v) is 26.4. The van der Waals surface area contributed by atoms with Crippen LogP contribution < -0.4 is 0 Å². The summed E-state index contributed by atoms with van der Waals surface area (Å²) in [5, 5.41) is 0. The highest BCUT2D eigenvalue weighted by Crippen LogP contribution is 2.69. The van der Waals surface area contributed by atoms with Gasteiger partial charge < -0.3 is 14.2 Å². The van der Waals surface area contributed by atoms with Gasteiger partial charge in [0.2, 0.25) is 0 Å². The largest absolute Gasteiger partial charge is 0.462 e. The Hall–Kier alpha value is -1.62. The topological polar surface area (TPSA) is 61.8 Å². The number of rotatable bonds is 18. The van der Waals surface area contributed by atoms with Crippen LogP contribution in [-0.4, -0.2) is 37.4 Å². The predicted molar refractivity (Wildman–Crippen MR) is 266 cm³/mol. The van der Waals surface area contributed by atoms with Crippen LogP contribution in [0, 0.1) is 92.7 Å². The Kier molecular flexibility index (Phi) is 15.6. The van der Waals surface area contributed by atoms with E-state index in [9.17, 15) is 9.59 Å². The molecular weight excluding hydrogens is 801 g/mol. The van der Waals surface area contributed by atoms with Gasteiger partial charge in [-0.3, -0.25) is 9.59 Å². The van der Waals surface area contributed by atoms with E-state index in [1.54, 1.807) is 11.1 Å². The second-order valence-electron chi connectivity index (χ2n) is 26.4. The first kappa shape index (κ1) is 49.8. The number of allylic oxidation sites excluding steroid dienone is 2. The van der Waals surface area contributed by atoms with Gasteiger partial charge in [0.15, 0.2) is 0 Å². The molecule has 0 amide bonds. The van der Waals surface area contributed by atoms with Crippen molar-refractivity contribution in [2.24, 2.45) is 92.7 Å². The average Bonchev–Trinajstić information content (AvgIpc) is 3.80. The zero-order valence-corrected chi connectivity index (χ0v) is 43.7. The van der Waals surface area contributed by atoms with E-state index < -0.39 is 0 Å². The van der Waals surface area contributed by atoms with Crippen molar-refractivity contribution in [3.8, 4) is 0 Å². The zero-order valence-electron chi connectivity index (χ0n) is 43.7. The molecular formula is C60H98O5. The summed E-state index contributed by atoms with van der Waals surface area (Å²) in [5.74, 6) is 9.67. The molecule has 0 spiro atoms. The van der Waals surface area contributed by atoms with Gasteiger partial charge in [-0.2, -0.15) is 0 Å². The molecule has 8 rings (SSSR count). The van der Waals surface area contributed by atoms with E-state index >= 15 is 0 Å². The molecule has 6 saturated carbocycles. The van der Waals surface area contributed by atoms with Crippen molar-refractivity contribution in [3.63, 3.8) is 0 Å². The van der Waals surface area contributed by atoms with Gasteiger partial charge in [0, 0.05) is 12.8 Å². The Morgan fingerprint density at radius 3 is 1.35 bits per heavy atom. The van der Waals surface area contributed by atoms with Crippen molar-refractivity contribution >= 4 is 11.9 Å². The molecule has 6 fully saturated rings. The van der Waals surface area contributed by atoms with Crippen LogP contribution in [0.5, 0.6) is 0 Å². The van der Waals surface area contributed by atoms with Gasteiger partial charge in [0.25, 0.3) is 0 Å². The molecule has 8 aliphatic rings. The molecule has 0 saturated heterocycles.